The number of amides is 2. The van der Waals surface area contributed by atoms with Crippen LogP contribution in [0.5, 0.6) is 5.75 Å². The SMILES string of the molecule is CCCNC(=O)CCc1ccc2c(c1)CN(C(=O)C1CC1)CCO2. The van der Waals surface area contributed by atoms with Gasteiger partial charge in [0.25, 0.3) is 0 Å². The van der Waals surface area contributed by atoms with Crippen molar-refractivity contribution in [3.63, 3.8) is 0 Å². The first-order valence-electron chi connectivity index (χ1n) is 8.97. The highest BCUT2D eigenvalue weighted by Gasteiger charge is 2.34. The summed E-state index contributed by atoms with van der Waals surface area (Å²) in [6, 6.07) is 6.07. The van der Waals surface area contributed by atoms with Crippen molar-refractivity contribution in [1.82, 2.24) is 10.2 Å². The van der Waals surface area contributed by atoms with Crippen LogP contribution in [0.15, 0.2) is 18.2 Å². The highest BCUT2D eigenvalue weighted by Crippen LogP contribution is 2.33. The van der Waals surface area contributed by atoms with Crippen molar-refractivity contribution in [1.29, 1.82) is 0 Å². The Morgan fingerprint density at radius 2 is 2.17 bits per heavy atom. The van der Waals surface area contributed by atoms with E-state index in [1.807, 2.05) is 24.0 Å². The molecule has 1 aliphatic heterocycles. The Balaban J connectivity index is 1.63. The van der Waals surface area contributed by atoms with E-state index in [2.05, 4.69) is 11.4 Å². The molecule has 1 heterocycles. The third-order valence-corrected chi connectivity index (χ3v) is 4.56. The van der Waals surface area contributed by atoms with E-state index in [1.54, 1.807) is 0 Å². The number of ether oxygens (including phenoxy) is 1. The second-order valence-corrected chi connectivity index (χ2v) is 6.67. The molecule has 0 unspecified atom stereocenters. The summed E-state index contributed by atoms with van der Waals surface area (Å²) < 4.78 is 5.79. The van der Waals surface area contributed by atoms with Gasteiger partial charge in [-0.3, -0.25) is 9.59 Å². The molecule has 3 rings (SSSR count). The number of hydrogen-bond donors (Lipinski definition) is 1. The molecule has 0 saturated heterocycles. The number of nitrogens with zero attached hydrogens (tertiary/aromatic N) is 1. The van der Waals surface area contributed by atoms with Gasteiger partial charge in [-0.2, -0.15) is 0 Å². The van der Waals surface area contributed by atoms with Gasteiger partial charge in [-0.05, 0) is 37.3 Å². The van der Waals surface area contributed by atoms with Crippen molar-refractivity contribution in [2.24, 2.45) is 5.92 Å². The largest absolute Gasteiger partial charge is 0.491 e. The van der Waals surface area contributed by atoms with Crippen LogP contribution >= 0.6 is 0 Å². The predicted octanol–water partition coefficient (Wildman–Crippen LogP) is 2.28. The molecule has 0 radical (unpaired) electrons. The topological polar surface area (TPSA) is 58.6 Å². The summed E-state index contributed by atoms with van der Waals surface area (Å²) in [4.78, 5) is 26.0. The molecular weight excluding hydrogens is 304 g/mol. The molecule has 1 aliphatic carbocycles. The molecule has 0 aromatic heterocycles. The maximum atomic E-state index is 12.3. The molecule has 1 saturated carbocycles. The van der Waals surface area contributed by atoms with Crippen LogP contribution < -0.4 is 10.1 Å². The molecule has 2 amide bonds. The van der Waals surface area contributed by atoms with Gasteiger partial charge in [0, 0.05) is 31.0 Å². The van der Waals surface area contributed by atoms with E-state index in [0.717, 1.165) is 42.7 Å². The number of fused-ring (bicyclic) bond motifs is 1. The predicted molar refractivity (Wildman–Crippen MR) is 91.7 cm³/mol. The molecule has 0 spiro atoms. The fraction of sp³-hybridized carbons (Fsp3) is 0.579. The van der Waals surface area contributed by atoms with Gasteiger partial charge in [0.05, 0.1) is 6.54 Å². The Morgan fingerprint density at radius 1 is 1.33 bits per heavy atom. The van der Waals surface area contributed by atoms with Crippen molar-refractivity contribution < 1.29 is 14.3 Å². The lowest BCUT2D eigenvalue weighted by Gasteiger charge is -2.19. The zero-order chi connectivity index (χ0) is 16.9. The second kappa shape index (κ2) is 7.69. The van der Waals surface area contributed by atoms with Crippen LogP contribution in [-0.4, -0.2) is 36.4 Å². The standard InChI is InChI=1S/C19H26N2O3/c1-2-9-20-18(22)8-4-14-3-7-17-16(12-14)13-21(10-11-24-17)19(23)15-5-6-15/h3,7,12,15H,2,4-6,8-11,13H2,1H3,(H,20,22). The zero-order valence-corrected chi connectivity index (χ0v) is 14.3. The molecule has 1 aromatic rings. The quantitative estimate of drug-likeness (QED) is 0.870. The van der Waals surface area contributed by atoms with Gasteiger partial charge in [-0.15, -0.1) is 0 Å². The van der Waals surface area contributed by atoms with Crippen molar-refractivity contribution in [3.05, 3.63) is 29.3 Å². The van der Waals surface area contributed by atoms with Gasteiger partial charge in [0.1, 0.15) is 12.4 Å². The molecule has 1 N–H and O–H groups in total. The first kappa shape index (κ1) is 16.8. The van der Waals surface area contributed by atoms with Crippen molar-refractivity contribution in [2.75, 3.05) is 19.7 Å². The molecule has 130 valence electrons. The van der Waals surface area contributed by atoms with Crippen LogP contribution in [0.3, 0.4) is 0 Å². The van der Waals surface area contributed by atoms with Gasteiger partial charge in [0.2, 0.25) is 11.8 Å². The summed E-state index contributed by atoms with van der Waals surface area (Å²) in [6.07, 6.45) is 4.20. The van der Waals surface area contributed by atoms with Gasteiger partial charge in [-0.1, -0.05) is 19.1 Å². The van der Waals surface area contributed by atoms with E-state index in [1.165, 1.54) is 0 Å². The summed E-state index contributed by atoms with van der Waals surface area (Å²) in [6.45, 7) is 4.58. The van der Waals surface area contributed by atoms with Gasteiger partial charge in [0.15, 0.2) is 0 Å². The van der Waals surface area contributed by atoms with E-state index in [-0.39, 0.29) is 17.7 Å². The summed E-state index contributed by atoms with van der Waals surface area (Å²) in [7, 11) is 0. The lowest BCUT2D eigenvalue weighted by Crippen LogP contribution is -2.33. The Labute approximate surface area is 143 Å². The molecule has 0 bridgehead atoms. The van der Waals surface area contributed by atoms with E-state index in [9.17, 15) is 9.59 Å². The zero-order valence-electron chi connectivity index (χ0n) is 14.3. The number of hydrogen-bond acceptors (Lipinski definition) is 3. The minimum absolute atomic E-state index is 0.0913. The van der Waals surface area contributed by atoms with Crippen molar-refractivity contribution in [2.45, 2.75) is 45.6 Å². The normalized spacial score (nSPS) is 16.8. The average Bonchev–Trinajstić information content (AvgIpc) is 3.43. The van der Waals surface area contributed by atoms with E-state index in [4.69, 9.17) is 4.74 Å². The maximum Gasteiger partial charge on any atom is 0.226 e. The van der Waals surface area contributed by atoms with Gasteiger partial charge >= 0.3 is 0 Å². The molecule has 2 aliphatic rings. The van der Waals surface area contributed by atoms with Crippen LogP contribution in [0.25, 0.3) is 0 Å². The van der Waals surface area contributed by atoms with E-state index < -0.39 is 0 Å². The van der Waals surface area contributed by atoms with E-state index in [0.29, 0.717) is 32.5 Å². The van der Waals surface area contributed by atoms with Crippen LogP contribution in [-0.2, 0) is 22.6 Å². The number of aryl methyl sites for hydroxylation is 1. The maximum absolute atomic E-state index is 12.3. The monoisotopic (exact) mass is 330 g/mol. The fourth-order valence-electron chi connectivity index (χ4n) is 2.99. The lowest BCUT2D eigenvalue weighted by molar-refractivity contribution is -0.133. The molecule has 0 atom stereocenters. The lowest BCUT2D eigenvalue weighted by atomic mass is 10.0. The molecule has 1 fully saturated rings. The Kier molecular flexibility index (Phi) is 5.38. The number of carbonyl (C=O) groups excluding carboxylic acids is 2. The average molecular weight is 330 g/mol. The third-order valence-electron chi connectivity index (χ3n) is 4.56. The van der Waals surface area contributed by atoms with Crippen molar-refractivity contribution in [3.8, 4) is 5.75 Å². The highest BCUT2D eigenvalue weighted by molar-refractivity contribution is 5.81. The second-order valence-electron chi connectivity index (χ2n) is 6.67. The van der Waals surface area contributed by atoms with Gasteiger partial charge < -0.3 is 15.0 Å². The Hall–Kier alpha value is -2.04. The number of carbonyl (C=O) groups is 2. The Bertz CT molecular complexity index is 611. The first-order chi connectivity index (χ1) is 11.7. The van der Waals surface area contributed by atoms with Crippen LogP contribution in [0.1, 0.15) is 43.7 Å². The van der Waals surface area contributed by atoms with E-state index >= 15 is 0 Å². The fourth-order valence-corrected chi connectivity index (χ4v) is 2.99. The summed E-state index contributed by atoms with van der Waals surface area (Å²) in [5.41, 5.74) is 2.16. The highest BCUT2D eigenvalue weighted by atomic mass is 16.5. The van der Waals surface area contributed by atoms with Crippen LogP contribution in [0, 0.1) is 5.92 Å². The summed E-state index contributed by atoms with van der Waals surface area (Å²) in [5.74, 6) is 1.45. The van der Waals surface area contributed by atoms with Gasteiger partial charge in [-0.25, -0.2) is 0 Å². The van der Waals surface area contributed by atoms with Crippen molar-refractivity contribution >= 4 is 11.8 Å². The smallest absolute Gasteiger partial charge is 0.226 e. The molecule has 24 heavy (non-hydrogen) atoms. The third kappa shape index (κ3) is 4.28. The number of benzene rings is 1. The van der Waals surface area contributed by atoms with Crippen LogP contribution in [0.4, 0.5) is 0 Å². The first-order valence-corrected chi connectivity index (χ1v) is 8.97. The molecule has 5 heteroatoms. The molecular formula is C19H26N2O3. The molecule has 5 nitrogen and oxygen atoms in total. The number of rotatable bonds is 6. The molecule has 1 aromatic carbocycles. The summed E-state index contributed by atoms with van der Waals surface area (Å²) in [5, 5.41) is 2.90. The number of nitrogens with one attached hydrogen (secondary N) is 1. The minimum Gasteiger partial charge on any atom is -0.491 e. The Morgan fingerprint density at radius 3 is 2.92 bits per heavy atom. The minimum atomic E-state index is 0.0913. The summed E-state index contributed by atoms with van der Waals surface area (Å²) >= 11 is 0. The van der Waals surface area contributed by atoms with Crippen LogP contribution in [0.2, 0.25) is 0 Å².